The van der Waals surface area contributed by atoms with Crippen LogP contribution in [0.3, 0.4) is 0 Å². The molecule has 1 saturated heterocycles. The Hall–Kier alpha value is -2.93. The Kier molecular flexibility index (Phi) is 6.03. The third kappa shape index (κ3) is 5.27. The highest BCUT2D eigenvalue weighted by Crippen LogP contribution is 2.15. The highest BCUT2D eigenvalue weighted by molar-refractivity contribution is 6.01. The molecule has 1 aliphatic heterocycles. The molecule has 1 aliphatic rings. The number of H-pyrrole nitrogens is 1. The Morgan fingerprint density at radius 1 is 1.15 bits per heavy atom. The molecular formula is C20H27N5O2+2. The molecule has 0 aliphatic carbocycles. The predicted molar refractivity (Wildman–Crippen MR) is 104 cm³/mol. The maximum atomic E-state index is 12.2. The fourth-order valence-electron chi connectivity index (χ4n) is 3.33. The van der Waals surface area contributed by atoms with Gasteiger partial charge in [0, 0.05) is 11.8 Å². The molecule has 2 heterocycles. The van der Waals surface area contributed by atoms with Gasteiger partial charge in [0.1, 0.15) is 26.2 Å². The topological polar surface area (TPSA) is 80.0 Å². The number of nitrogens with one attached hydrogen (secondary N) is 4. The zero-order chi connectivity index (χ0) is 19.2. The number of imide groups is 1. The zero-order valence-electron chi connectivity index (χ0n) is 15.8. The monoisotopic (exact) mass is 369 g/mol. The van der Waals surface area contributed by atoms with Crippen molar-refractivity contribution in [3.05, 3.63) is 53.7 Å². The zero-order valence-corrected chi connectivity index (χ0v) is 15.8. The van der Waals surface area contributed by atoms with Gasteiger partial charge in [0.25, 0.3) is 11.7 Å². The number of urea groups is 1. The quantitative estimate of drug-likeness (QED) is 0.719. The highest BCUT2D eigenvalue weighted by Gasteiger charge is 2.27. The van der Waals surface area contributed by atoms with Crippen LogP contribution in [0.4, 0.5) is 16.3 Å². The number of nitrogens with zero attached hydrogens (tertiary/aromatic N) is 1. The van der Waals surface area contributed by atoms with E-state index in [-0.39, 0.29) is 5.91 Å². The van der Waals surface area contributed by atoms with Gasteiger partial charge in [-0.2, -0.15) is 0 Å². The number of carbonyl (C=O) groups is 2. The summed E-state index contributed by atoms with van der Waals surface area (Å²) in [6.45, 7) is 7.68. The van der Waals surface area contributed by atoms with Crippen LogP contribution in [0, 0.1) is 13.8 Å². The van der Waals surface area contributed by atoms with Crippen molar-refractivity contribution >= 4 is 23.4 Å². The third-order valence-electron chi connectivity index (χ3n) is 4.80. The lowest BCUT2D eigenvalue weighted by atomic mass is 10.1. The second-order valence-corrected chi connectivity index (χ2v) is 6.98. The van der Waals surface area contributed by atoms with Crippen molar-refractivity contribution in [3.8, 4) is 0 Å². The molecule has 4 N–H and O–H groups in total. The van der Waals surface area contributed by atoms with E-state index >= 15 is 0 Å². The van der Waals surface area contributed by atoms with Crippen molar-refractivity contribution in [3.63, 3.8) is 0 Å². The van der Waals surface area contributed by atoms with Crippen LogP contribution in [0.15, 0.2) is 42.6 Å². The van der Waals surface area contributed by atoms with Crippen LogP contribution in [-0.2, 0) is 4.79 Å². The fourth-order valence-corrected chi connectivity index (χ4v) is 3.33. The molecule has 0 unspecified atom stereocenters. The molecule has 0 bridgehead atoms. The molecule has 2 aromatic rings. The summed E-state index contributed by atoms with van der Waals surface area (Å²) in [7, 11) is 0. The first kappa shape index (κ1) is 18.8. The van der Waals surface area contributed by atoms with Crippen LogP contribution in [0.2, 0.25) is 0 Å². The van der Waals surface area contributed by atoms with Crippen LogP contribution in [0.1, 0.15) is 11.1 Å². The Bertz CT molecular complexity index is 801. The lowest BCUT2D eigenvalue weighted by Gasteiger charge is -2.27. The maximum Gasteiger partial charge on any atom is 0.326 e. The second kappa shape index (κ2) is 8.64. The van der Waals surface area contributed by atoms with Crippen LogP contribution in [0.25, 0.3) is 0 Å². The molecule has 1 aromatic heterocycles. The minimum absolute atomic E-state index is 0.257. The van der Waals surface area contributed by atoms with Crippen molar-refractivity contribution < 1.29 is 19.5 Å². The number of aromatic amines is 1. The van der Waals surface area contributed by atoms with Gasteiger partial charge >= 0.3 is 6.03 Å². The van der Waals surface area contributed by atoms with Crippen molar-refractivity contribution in [1.82, 2.24) is 5.32 Å². The summed E-state index contributed by atoms with van der Waals surface area (Å²) in [6, 6.07) is 11.3. The van der Waals surface area contributed by atoms with Gasteiger partial charge in [-0.05, 0) is 31.5 Å². The first-order valence-corrected chi connectivity index (χ1v) is 9.24. The Morgan fingerprint density at radius 3 is 2.59 bits per heavy atom. The summed E-state index contributed by atoms with van der Waals surface area (Å²) >= 11 is 0. The molecule has 0 atom stereocenters. The van der Waals surface area contributed by atoms with E-state index in [0.29, 0.717) is 12.2 Å². The summed E-state index contributed by atoms with van der Waals surface area (Å²) in [5, 5.41) is 5.17. The van der Waals surface area contributed by atoms with Gasteiger partial charge in [0.05, 0.1) is 6.20 Å². The van der Waals surface area contributed by atoms with Crippen LogP contribution >= 0.6 is 0 Å². The number of carbonyl (C=O) groups excluding carboxylic acids is 2. The minimum atomic E-state index is -0.483. The average molecular weight is 369 g/mol. The Labute approximate surface area is 159 Å². The van der Waals surface area contributed by atoms with Gasteiger partial charge in [-0.1, -0.05) is 23.8 Å². The smallest absolute Gasteiger partial charge is 0.321 e. The summed E-state index contributed by atoms with van der Waals surface area (Å²) in [6.07, 6.45) is 1.91. The number of quaternary nitrogens is 1. The van der Waals surface area contributed by atoms with E-state index in [0.717, 1.165) is 43.1 Å². The van der Waals surface area contributed by atoms with Crippen molar-refractivity contribution in [2.24, 2.45) is 0 Å². The van der Waals surface area contributed by atoms with Gasteiger partial charge in [0.15, 0.2) is 6.54 Å². The molecular weight excluding hydrogens is 342 g/mol. The number of aromatic nitrogens is 1. The van der Waals surface area contributed by atoms with Crippen LogP contribution in [0.5, 0.6) is 0 Å². The Balaban J connectivity index is 1.44. The molecule has 0 saturated carbocycles. The normalized spacial score (nSPS) is 14.7. The van der Waals surface area contributed by atoms with Gasteiger partial charge in [-0.3, -0.25) is 15.0 Å². The molecule has 1 fully saturated rings. The van der Waals surface area contributed by atoms with Crippen molar-refractivity contribution in [2.75, 3.05) is 42.9 Å². The van der Waals surface area contributed by atoms with Crippen molar-refractivity contribution in [1.29, 1.82) is 0 Å². The number of rotatable bonds is 4. The van der Waals surface area contributed by atoms with Crippen LogP contribution < -0.4 is 25.4 Å². The van der Waals surface area contributed by atoms with E-state index in [4.69, 9.17) is 0 Å². The molecule has 0 spiro atoms. The summed E-state index contributed by atoms with van der Waals surface area (Å²) in [5.74, 6) is 0.834. The minimum Gasteiger partial charge on any atom is -0.321 e. The van der Waals surface area contributed by atoms with Gasteiger partial charge in [-0.15, -0.1) is 0 Å². The number of hydrogen-bond acceptors (Lipinski definition) is 3. The van der Waals surface area contributed by atoms with Crippen LogP contribution in [-0.4, -0.2) is 44.7 Å². The number of benzene rings is 1. The predicted octanol–water partition coefficient (Wildman–Crippen LogP) is 0.171. The van der Waals surface area contributed by atoms with E-state index in [2.05, 4.69) is 26.6 Å². The summed E-state index contributed by atoms with van der Waals surface area (Å²) < 4.78 is 0. The second-order valence-electron chi connectivity index (χ2n) is 6.98. The Morgan fingerprint density at radius 2 is 1.93 bits per heavy atom. The van der Waals surface area contributed by atoms with E-state index in [1.54, 1.807) is 0 Å². The number of pyridine rings is 1. The largest absolute Gasteiger partial charge is 0.326 e. The molecule has 27 heavy (non-hydrogen) atoms. The lowest BCUT2D eigenvalue weighted by molar-refractivity contribution is -0.892. The van der Waals surface area contributed by atoms with E-state index < -0.39 is 6.03 Å². The molecule has 3 rings (SSSR count). The molecule has 0 radical (unpaired) electrons. The van der Waals surface area contributed by atoms with Crippen molar-refractivity contribution in [2.45, 2.75) is 13.8 Å². The van der Waals surface area contributed by atoms with E-state index in [9.17, 15) is 9.59 Å². The number of hydrogen-bond donors (Lipinski definition) is 3. The third-order valence-corrected chi connectivity index (χ3v) is 4.80. The first-order chi connectivity index (χ1) is 13.0. The highest BCUT2D eigenvalue weighted by atomic mass is 16.2. The standard InChI is InChI=1S/C20H25N5O2/c1-15-6-7-17(16(2)13-15)22-20(27)23-19(26)14-24-9-11-25(12-10-24)18-5-3-4-8-21-18/h3-8,13H,9-12,14H2,1-2H3,(H2,22,23,26,27)/p+2. The SMILES string of the molecule is Cc1ccc(NC(=O)NC(=O)C[NH+]2CCN(c3cccc[nH+]3)CC2)c(C)c1. The average Bonchev–Trinajstić information content (AvgIpc) is 2.65. The number of amides is 3. The number of piperazine rings is 1. The number of anilines is 2. The molecule has 1 aromatic carbocycles. The molecule has 7 nitrogen and oxygen atoms in total. The lowest BCUT2D eigenvalue weighted by Crippen LogP contribution is -3.16. The summed E-state index contributed by atoms with van der Waals surface area (Å²) in [4.78, 5) is 31.0. The maximum absolute atomic E-state index is 12.2. The summed E-state index contributed by atoms with van der Waals surface area (Å²) in [5.41, 5.74) is 2.81. The van der Waals surface area contributed by atoms with E-state index in [1.165, 1.54) is 4.90 Å². The van der Waals surface area contributed by atoms with Gasteiger partial charge in [0.2, 0.25) is 0 Å². The molecule has 7 heteroatoms. The fraction of sp³-hybridized carbons (Fsp3) is 0.350. The molecule has 3 amide bonds. The molecule has 142 valence electrons. The van der Waals surface area contributed by atoms with Gasteiger partial charge in [-0.25, -0.2) is 9.78 Å². The number of aryl methyl sites for hydroxylation is 2. The van der Waals surface area contributed by atoms with E-state index in [1.807, 2.05) is 50.4 Å². The van der Waals surface area contributed by atoms with Gasteiger partial charge < -0.3 is 10.2 Å². The first-order valence-electron chi connectivity index (χ1n) is 9.24.